The summed E-state index contributed by atoms with van der Waals surface area (Å²) in [6.45, 7) is 9.56. The molecule has 0 aliphatic carbocycles. The Morgan fingerprint density at radius 3 is 2.38 bits per heavy atom. The summed E-state index contributed by atoms with van der Waals surface area (Å²) < 4.78 is 5.50. The number of pyridine rings is 1. The Balaban J connectivity index is 1.36. The number of benzene rings is 3. The fraction of sp³-hybridized carbons (Fsp3) is 0.312. The molecule has 1 fully saturated rings. The highest BCUT2D eigenvalue weighted by Gasteiger charge is 2.18. The molecule has 39 heavy (non-hydrogen) atoms. The number of amides is 2. The van der Waals surface area contributed by atoms with Gasteiger partial charge in [0, 0.05) is 48.3 Å². The average Bonchev–Trinajstić information content (AvgIpc) is 2.94. The maximum Gasteiger partial charge on any atom is 0.323 e. The van der Waals surface area contributed by atoms with Crippen molar-refractivity contribution in [2.45, 2.75) is 32.7 Å². The van der Waals surface area contributed by atoms with E-state index in [0.717, 1.165) is 58.5 Å². The fourth-order valence-electron chi connectivity index (χ4n) is 4.87. The molecule has 4 aromatic rings. The van der Waals surface area contributed by atoms with Crippen LogP contribution in [0.5, 0.6) is 5.75 Å². The van der Waals surface area contributed by atoms with Crippen molar-refractivity contribution in [3.8, 4) is 16.9 Å². The Bertz CT molecular complexity index is 1460. The monoisotopic (exact) mass is 540 g/mol. The average molecular weight is 541 g/mol. The molecule has 202 valence electrons. The van der Waals surface area contributed by atoms with Gasteiger partial charge >= 0.3 is 6.03 Å². The first-order valence-corrected chi connectivity index (χ1v) is 14.5. The lowest BCUT2D eigenvalue weighted by atomic mass is 9.87. The molecule has 2 N–H and O–H groups in total. The number of hydrogen-bond acceptors (Lipinski definition) is 5. The number of methoxy groups -OCH3 is 1. The first kappa shape index (κ1) is 27.0. The van der Waals surface area contributed by atoms with Crippen LogP contribution < -0.4 is 15.4 Å². The van der Waals surface area contributed by atoms with Gasteiger partial charge in [-0.05, 0) is 46.2 Å². The normalized spacial score (nSPS) is 14.3. The summed E-state index contributed by atoms with van der Waals surface area (Å²) in [7, 11) is 1.61. The molecule has 0 spiro atoms. The third-order valence-corrected chi connectivity index (χ3v) is 8.05. The predicted molar refractivity (Wildman–Crippen MR) is 164 cm³/mol. The maximum atomic E-state index is 13.1. The molecular formula is C32H36N4O2S. The van der Waals surface area contributed by atoms with Gasteiger partial charge in [0.2, 0.25) is 0 Å². The number of anilines is 2. The van der Waals surface area contributed by atoms with Crippen LogP contribution in [-0.2, 0) is 12.0 Å². The van der Waals surface area contributed by atoms with E-state index in [1.165, 1.54) is 11.5 Å². The Hall–Kier alpha value is -3.55. The van der Waals surface area contributed by atoms with Gasteiger partial charge in [0.1, 0.15) is 5.75 Å². The van der Waals surface area contributed by atoms with Crippen molar-refractivity contribution in [2.24, 2.45) is 0 Å². The number of aromatic nitrogens is 1. The topological polar surface area (TPSA) is 66.5 Å². The van der Waals surface area contributed by atoms with Gasteiger partial charge in [-0.3, -0.25) is 9.88 Å². The molecule has 0 atom stereocenters. The number of thioether (sulfide) groups is 1. The minimum Gasteiger partial charge on any atom is -0.495 e. The van der Waals surface area contributed by atoms with Crippen molar-refractivity contribution in [1.82, 2.24) is 9.88 Å². The lowest BCUT2D eigenvalue weighted by Gasteiger charge is -2.25. The SMILES string of the molecule is COc1ccc(C(C)(C)C)cc1NC(=O)Nc1ccc(-c2ccc(CN3CCSCC3)nc2)c2ccccc12. The van der Waals surface area contributed by atoms with Gasteiger partial charge in [0.05, 0.1) is 24.2 Å². The molecule has 0 radical (unpaired) electrons. The summed E-state index contributed by atoms with van der Waals surface area (Å²) in [5.41, 5.74) is 5.68. The van der Waals surface area contributed by atoms with Crippen LogP contribution in [0.1, 0.15) is 32.0 Å². The first-order valence-electron chi connectivity index (χ1n) is 13.4. The van der Waals surface area contributed by atoms with Crippen LogP contribution in [0.2, 0.25) is 0 Å². The summed E-state index contributed by atoms with van der Waals surface area (Å²) in [6.07, 6.45) is 1.96. The number of rotatable bonds is 6. The zero-order chi connectivity index (χ0) is 27.4. The molecule has 1 aromatic heterocycles. The summed E-state index contributed by atoms with van der Waals surface area (Å²) in [5, 5.41) is 8.06. The van der Waals surface area contributed by atoms with Gasteiger partial charge in [-0.1, -0.05) is 63.2 Å². The number of urea groups is 1. The molecule has 6 nitrogen and oxygen atoms in total. The van der Waals surface area contributed by atoms with Crippen molar-refractivity contribution in [1.29, 1.82) is 0 Å². The smallest absolute Gasteiger partial charge is 0.323 e. The van der Waals surface area contributed by atoms with Crippen LogP contribution in [0.15, 0.2) is 72.9 Å². The van der Waals surface area contributed by atoms with Gasteiger partial charge in [0.15, 0.2) is 0 Å². The number of hydrogen-bond donors (Lipinski definition) is 2. The van der Waals surface area contributed by atoms with Crippen molar-refractivity contribution in [3.63, 3.8) is 0 Å². The van der Waals surface area contributed by atoms with Crippen LogP contribution in [0.25, 0.3) is 21.9 Å². The second kappa shape index (κ2) is 11.7. The van der Waals surface area contributed by atoms with E-state index in [2.05, 4.69) is 60.6 Å². The molecule has 2 heterocycles. The number of carbonyl (C=O) groups excluding carboxylic acids is 1. The third kappa shape index (κ3) is 6.37. The number of nitrogens with zero attached hydrogens (tertiary/aromatic N) is 2. The fourth-order valence-corrected chi connectivity index (χ4v) is 5.85. The van der Waals surface area contributed by atoms with E-state index in [1.54, 1.807) is 7.11 Å². The molecule has 0 saturated carbocycles. The lowest BCUT2D eigenvalue weighted by Crippen LogP contribution is -2.32. The minimum atomic E-state index is -0.320. The highest BCUT2D eigenvalue weighted by Crippen LogP contribution is 2.34. The van der Waals surface area contributed by atoms with Crippen molar-refractivity contribution >= 4 is 39.9 Å². The first-order chi connectivity index (χ1) is 18.8. The van der Waals surface area contributed by atoms with Gasteiger partial charge in [-0.15, -0.1) is 0 Å². The summed E-state index contributed by atoms with van der Waals surface area (Å²) in [5.74, 6) is 3.01. The van der Waals surface area contributed by atoms with E-state index < -0.39 is 0 Å². The summed E-state index contributed by atoms with van der Waals surface area (Å²) >= 11 is 2.02. The minimum absolute atomic E-state index is 0.0506. The van der Waals surface area contributed by atoms with Gasteiger partial charge < -0.3 is 15.4 Å². The molecule has 3 aromatic carbocycles. The molecule has 0 unspecified atom stereocenters. The van der Waals surface area contributed by atoms with Gasteiger partial charge in [-0.2, -0.15) is 11.8 Å². The summed E-state index contributed by atoms with van der Waals surface area (Å²) in [6, 6.07) is 22.0. The van der Waals surface area contributed by atoms with Crippen LogP contribution in [0.3, 0.4) is 0 Å². The molecule has 5 rings (SSSR count). The van der Waals surface area contributed by atoms with Gasteiger partial charge in [0.25, 0.3) is 0 Å². The van der Waals surface area contributed by atoms with Crippen LogP contribution in [0.4, 0.5) is 16.2 Å². The Kier molecular flexibility index (Phi) is 8.10. The maximum absolute atomic E-state index is 13.1. The highest BCUT2D eigenvalue weighted by atomic mass is 32.2. The molecular weight excluding hydrogens is 504 g/mol. The van der Waals surface area contributed by atoms with Crippen molar-refractivity contribution in [3.05, 3.63) is 84.2 Å². The Morgan fingerprint density at radius 2 is 1.69 bits per heavy atom. The molecule has 1 aliphatic rings. The Labute approximate surface area is 235 Å². The van der Waals surface area contributed by atoms with Crippen LogP contribution >= 0.6 is 11.8 Å². The molecule has 0 bridgehead atoms. The van der Waals surface area contributed by atoms with E-state index in [4.69, 9.17) is 9.72 Å². The molecule has 7 heteroatoms. The van der Waals surface area contributed by atoms with Crippen molar-refractivity contribution in [2.75, 3.05) is 42.3 Å². The zero-order valence-corrected chi connectivity index (χ0v) is 23.9. The van der Waals surface area contributed by atoms with E-state index in [9.17, 15) is 4.79 Å². The summed E-state index contributed by atoms with van der Waals surface area (Å²) in [4.78, 5) is 20.4. The van der Waals surface area contributed by atoms with Gasteiger partial charge in [-0.25, -0.2) is 4.79 Å². The number of carbonyl (C=O) groups is 1. The number of fused-ring (bicyclic) bond motifs is 1. The quantitative estimate of drug-likeness (QED) is 0.267. The molecule has 1 saturated heterocycles. The largest absolute Gasteiger partial charge is 0.495 e. The van der Waals surface area contributed by atoms with Crippen LogP contribution in [-0.4, -0.2) is 47.6 Å². The van der Waals surface area contributed by atoms with Crippen molar-refractivity contribution < 1.29 is 9.53 Å². The third-order valence-electron chi connectivity index (χ3n) is 7.11. The number of nitrogens with one attached hydrogen (secondary N) is 2. The molecule has 2 amide bonds. The Morgan fingerprint density at radius 1 is 0.949 bits per heavy atom. The van der Waals surface area contributed by atoms with E-state index in [0.29, 0.717) is 11.4 Å². The number of ether oxygens (including phenoxy) is 1. The predicted octanol–water partition coefficient (Wildman–Crippen LogP) is 7.40. The van der Waals surface area contributed by atoms with E-state index >= 15 is 0 Å². The van der Waals surface area contributed by atoms with E-state index in [1.807, 2.05) is 60.4 Å². The highest BCUT2D eigenvalue weighted by molar-refractivity contribution is 7.99. The second-order valence-electron chi connectivity index (χ2n) is 10.9. The standard InChI is InChI=1S/C32H36N4O2S/c1-32(2,3)23-10-14-30(38-4)29(19-23)35-31(37)34-28-13-12-25(26-7-5-6-8-27(26)28)22-9-11-24(33-20-22)21-36-15-17-39-18-16-36/h5-14,19-20H,15-18,21H2,1-4H3,(H2,34,35,37). The van der Waals surface area contributed by atoms with E-state index in [-0.39, 0.29) is 11.4 Å². The second-order valence-corrected chi connectivity index (χ2v) is 12.1. The zero-order valence-electron chi connectivity index (χ0n) is 23.1. The molecule has 1 aliphatic heterocycles. The lowest BCUT2D eigenvalue weighted by molar-refractivity contribution is 0.262. The van der Waals surface area contributed by atoms with Crippen LogP contribution in [0, 0.1) is 0 Å².